The first-order valence-electron chi connectivity index (χ1n) is 14.4. The smallest absolute Gasteiger partial charge is 0.174 e. The van der Waals surface area contributed by atoms with E-state index in [1.165, 1.54) is 44.8 Å². The molecule has 0 unspecified atom stereocenters. The third-order valence-electron chi connectivity index (χ3n) is 7.41. The maximum absolute atomic E-state index is 2.24. The maximum Gasteiger partial charge on any atom is 0.174 e. The van der Waals surface area contributed by atoms with Gasteiger partial charge >= 0.3 is 0 Å². The third-order valence-corrected chi connectivity index (χ3v) is 7.41. The zero-order valence-corrected chi connectivity index (χ0v) is 27.1. The Balaban J connectivity index is 0.00000264. The summed E-state index contributed by atoms with van der Waals surface area (Å²) in [6.45, 7) is 1.67. The lowest BCUT2D eigenvalue weighted by atomic mass is 10.1. The van der Waals surface area contributed by atoms with Crippen molar-refractivity contribution in [3.63, 3.8) is 0 Å². The highest BCUT2D eigenvalue weighted by molar-refractivity contribution is 5.71. The van der Waals surface area contributed by atoms with Crippen LogP contribution in [0.25, 0.3) is 24.3 Å². The number of rotatable bonds is 10. The van der Waals surface area contributed by atoms with Crippen LogP contribution in [0.4, 0.5) is 11.4 Å². The lowest BCUT2D eigenvalue weighted by Crippen LogP contribution is -2.36. The van der Waals surface area contributed by atoms with E-state index in [4.69, 9.17) is 0 Å². The predicted molar refractivity (Wildman–Crippen MR) is 190 cm³/mol. The largest absolute Gasteiger partial charge is 0.378 e. The molecular formula is C40H46N4. The predicted octanol–water partition coefficient (Wildman–Crippen LogP) is 7.73. The molecule has 0 saturated heterocycles. The molecule has 5 aromatic rings. The van der Waals surface area contributed by atoms with Crippen LogP contribution in [-0.4, -0.2) is 28.2 Å². The fraction of sp³-hybridized carbons (Fsp3) is 0.150. The molecule has 2 heterocycles. The normalized spacial score (nSPS) is 10.8. The van der Waals surface area contributed by atoms with E-state index in [0.29, 0.717) is 0 Å². The lowest BCUT2D eigenvalue weighted by molar-refractivity contribution is -0.693. The van der Waals surface area contributed by atoms with Crippen LogP contribution < -0.4 is 18.9 Å². The van der Waals surface area contributed by atoms with Crippen molar-refractivity contribution < 1.29 is 9.13 Å². The fourth-order valence-corrected chi connectivity index (χ4v) is 4.78. The summed E-state index contributed by atoms with van der Waals surface area (Å²) >= 11 is 0. The summed E-state index contributed by atoms with van der Waals surface area (Å²) < 4.78 is 4.48. The number of anilines is 2. The molecule has 3 aromatic carbocycles. The van der Waals surface area contributed by atoms with E-state index in [1.807, 2.05) is 0 Å². The van der Waals surface area contributed by atoms with Crippen LogP contribution in [0, 0.1) is 14.9 Å². The Kier molecular flexibility index (Phi) is 12.2. The standard InChI is InChI=1S/C38H40N4.2CH3/c1-39(2)37-17-13-31(14-18-37)9-11-33-21-25-41(26-22-33)29-35-7-5-6-8-36(35)30-42-27-23-34(24-28-42)12-10-32-15-19-38(20-16-32)40(3)4;;/h5-28H,29-30H2,1-4H3;2*1H3/q+2;2*-1. The van der Waals surface area contributed by atoms with Crippen molar-refractivity contribution >= 4 is 35.7 Å². The molecule has 0 N–H and O–H groups in total. The zero-order valence-electron chi connectivity index (χ0n) is 27.1. The molecule has 0 fully saturated rings. The van der Waals surface area contributed by atoms with Gasteiger partial charge < -0.3 is 24.7 Å². The molecule has 0 aliphatic heterocycles. The van der Waals surface area contributed by atoms with Gasteiger partial charge in [-0.2, -0.15) is 0 Å². The highest BCUT2D eigenvalue weighted by Gasteiger charge is 2.11. The van der Waals surface area contributed by atoms with Crippen LogP contribution in [0.5, 0.6) is 0 Å². The molecule has 4 heteroatoms. The quantitative estimate of drug-likeness (QED) is 0.124. The molecule has 226 valence electrons. The first-order valence-corrected chi connectivity index (χ1v) is 14.4. The average molecular weight is 583 g/mol. The number of benzene rings is 3. The minimum absolute atomic E-state index is 0. The molecule has 2 aromatic heterocycles. The molecule has 0 saturated carbocycles. The van der Waals surface area contributed by atoms with Gasteiger partial charge in [0.15, 0.2) is 37.9 Å². The SMILES string of the molecule is CN(C)c1ccc(/C=C/c2cc[n+](Cc3ccccc3C[n+]3ccc(/C=C/c4ccc(N(C)C)cc4)cc3)cc2)cc1.[CH3-].[CH3-]. The van der Waals surface area contributed by atoms with Gasteiger partial charge in [0.2, 0.25) is 0 Å². The second kappa shape index (κ2) is 16.0. The topological polar surface area (TPSA) is 14.2 Å². The Hall–Kier alpha value is -4.96. The van der Waals surface area contributed by atoms with Gasteiger partial charge in [0.1, 0.15) is 0 Å². The highest BCUT2D eigenvalue weighted by atomic mass is 15.1. The number of hydrogen-bond donors (Lipinski definition) is 0. The highest BCUT2D eigenvalue weighted by Crippen LogP contribution is 2.16. The second-order valence-electron chi connectivity index (χ2n) is 11.0. The van der Waals surface area contributed by atoms with Crippen molar-refractivity contribution in [3.8, 4) is 0 Å². The Bertz CT molecular complexity index is 1500. The molecule has 0 spiro atoms. The van der Waals surface area contributed by atoms with Crippen molar-refractivity contribution in [2.75, 3.05) is 38.0 Å². The van der Waals surface area contributed by atoms with Crippen molar-refractivity contribution in [2.24, 2.45) is 0 Å². The van der Waals surface area contributed by atoms with Crippen LogP contribution >= 0.6 is 0 Å². The van der Waals surface area contributed by atoms with Crippen molar-refractivity contribution in [3.05, 3.63) is 170 Å². The van der Waals surface area contributed by atoms with Gasteiger partial charge in [0.05, 0.1) is 0 Å². The Morgan fingerprint density at radius 1 is 0.432 bits per heavy atom. The molecule has 0 radical (unpaired) electrons. The molecular weight excluding hydrogens is 536 g/mol. The van der Waals surface area contributed by atoms with E-state index < -0.39 is 0 Å². The van der Waals surface area contributed by atoms with E-state index in [0.717, 1.165) is 13.1 Å². The Morgan fingerprint density at radius 2 is 0.727 bits per heavy atom. The molecule has 0 aliphatic rings. The Labute approximate surface area is 265 Å². The number of nitrogens with zero attached hydrogens (tertiary/aromatic N) is 4. The Morgan fingerprint density at radius 3 is 1.02 bits per heavy atom. The van der Waals surface area contributed by atoms with Crippen LogP contribution in [0.1, 0.15) is 33.4 Å². The molecule has 44 heavy (non-hydrogen) atoms. The van der Waals surface area contributed by atoms with Gasteiger partial charge in [-0.25, -0.2) is 9.13 Å². The van der Waals surface area contributed by atoms with Gasteiger partial charge in [-0.1, -0.05) is 72.8 Å². The summed E-state index contributed by atoms with van der Waals surface area (Å²) in [5, 5.41) is 0. The minimum Gasteiger partial charge on any atom is -0.378 e. The summed E-state index contributed by atoms with van der Waals surface area (Å²) in [7, 11) is 8.24. The second-order valence-corrected chi connectivity index (χ2v) is 11.0. The summed E-state index contributed by atoms with van der Waals surface area (Å²) in [5.74, 6) is 0. The molecule has 0 atom stereocenters. The first-order chi connectivity index (χ1) is 20.4. The van der Waals surface area contributed by atoms with E-state index in [2.05, 4.69) is 193 Å². The summed E-state index contributed by atoms with van der Waals surface area (Å²) in [4.78, 5) is 4.23. The summed E-state index contributed by atoms with van der Waals surface area (Å²) in [6, 6.07) is 34.6. The van der Waals surface area contributed by atoms with E-state index in [9.17, 15) is 0 Å². The van der Waals surface area contributed by atoms with Crippen LogP contribution in [-0.2, 0) is 13.1 Å². The van der Waals surface area contributed by atoms with Crippen LogP contribution in [0.15, 0.2) is 122 Å². The van der Waals surface area contributed by atoms with Crippen molar-refractivity contribution in [2.45, 2.75) is 13.1 Å². The van der Waals surface area contributed by atoms with Gasteiger partial charge in [-0.15, -0.1) is 0 Å². The number of hydrogen-bond acceptors (Lipinski definition) is 2. The van der Waals surface area contributed by atoms with E-state index in [1.54, 1.807) is 0 Å². The van der Waals surface area contributed by atoms with Crippen LogP contribution in [0.3, 0.4) is 0 Å². The maximum atomic E-state index is 2.24. The third kappa shape index (κ3) is 9.27. The fourth-order valence-electron chi connectivity index (χ4n) is 4.78. The lowest BCUT2D eigenvalue weighted by Gasteiger charge is -2.11. The zero-order chi connectivity index (χ0) is 29.3. The van der Waals surface area contributed by atoms with E-state index in [-0.39, 0.29) is 14.9 Å². The van der Waals surface area contributed by atoms with Gasteiger partial charge in [-0.3, -0.25) is 0 Å². The molecule has 4 nitrogen and oxygen atoms in total. The molecule has 0 aliphatic carbocycles. The van der Waals surface area contributed by atoms with Gasteiger partial charge in [-0.05, 0) is 46.5 Å². The first kappa shape index (κ1) is 33.5. The summed E-state index contributed by atoms with van der Waals surface area (Å²) in [6.07, 6.45) is 17.3. The van der Waals surface area contributed by atoms with Gasteiger partial charge in [0, 0.05) is 75.0 Å². The number of aromatic nitrogens is 2. The van der Waals surface area contributed by atoms with Crippen molar-refractivity contribution in [1.82, 2.24) is 0 Å². The van der Waals surface area contributed by atoms with Gasteiger partial charge in [0.25, 0.3) is 0 Å². The average Bonchev–Trinajstić information content (AvgIpc) is 3.02. The molecule has 0 amide bonds. The van der Waals surface area contributed by atoms with Crippen LogP contribution in [0.2, 0.25) is 0 Å². The molecule has 0 bridgehead atoms. The van der Waals surface area contributed by atoms with E-state index >= 15 is 0 Å². The minimum atomic E-state index is 0. The van der Waals surface area contributed by atoms with Crippen molar-refractivity contribution in [1.29, 1.82) is 0 Å². The summed E-state index contributed by atoms with van der Waals surface area (Å²) in [5.41, 5.74) is 9.83. The molecule has 5 rings (SSSR count). The monoisotopic (exact) mass is 582 g/mol. The number of pyridine rings is 2.